The number of ether oxygens (including phenoxy) is 1. The zero-order chi connectivity index (χ0) is 29.4. The van der Waals surface area contributed by atoms with Crippen molar-refractivity contribution in [3.63, 3.8) is 0 Å². The van der Waals surface area contributed by atoms with Gasteiger partial charge in [-0.2, -0.15) is 0 Å². The summed E-state index contributed by atoms with van der Waals surface area (Å²) in [4.78, 5) is 45.9. The Morgan fingerprint density at radius 3 is 2.05 bits per heavy atom. The molecule has 10 nitrogen and oxygen atoms in total. The highest BCUT2D eigenvalue weighted by Crippen LogP contribution is 2.34. The number of carbonyl (C=O) groups excluding carboxylic acids is 2. The van der Waals surface area contributed by atoms with Gasteiger partial charge in [-0.3, -0.25) is 4.79 Å². The summed E-state index contributed by atoms with van der Waals surface area (Å²) in [6.45, 7) is 5.57. The first-order chi connectivity index (χ1) is 20.3. The number of imidazole rings is 2. The number of rotatable bonds is 7. The van der Waals surface area contributed by atoms with Crippen LogP contribution in [0.5, 0.6) is 0 Å². The summed E-state index contributed by atoms with van der Waals surface area (Å²) < 4.78 is 4.75. The van der Waals surface area contributed by atoms with Crippen LogP contribution in [0.2, 0.25) is 0 Å². The monoisotopic (exact) mass is 567 g/mol. The van der Waals surface area contributed by atoms with E-state index in [2.05, 4.69) is 74.4 Å². The van der Waals surface area contributed by atoms with E-state index >= 15 is 0 Å². The molecule has 6 rings (SSSR count). The molecule has 2 fully saturated rings. The molecule has 2 aliphatic rings. The predicted octanol–water partition coefficient (Wildman–Crippen LogP) is 4.35. The molecule has 2 aliphatic heterocycles. The van der Waals surface area contributed by atoms with Gasteiger partial charge in [-0.1, -0.05) is 38.1 Å². The van der Waals surface area contributed by atoms with Crippen LogP contribution in [0.15, 0.2) is 48.8 Å². The molecule has 2 saturated heterocycles. The molecule has 218 valence electrons. The zero-order valence-corrected chi connectivity index (χ0v) is 24.7. The Labute approximate surface area is 246 Å². The van der Waals surface area contributed by atoms with Gasteiger partial charge in [-0.05, 0) is 61.1 Å². The molecular formula is C31H38BN7O3. The van der Waals surface area contributed by atoms with E-state index < -0.39 is 12.1 Å². The van der Waals surface area contributed by atoms with Crippen LogP contribution in [0.3, 0.4) is 0 Å². The maximum absolute atomic E-state index is 13.5. The molecule has 3 atom stereocenters. The number of hydrogen-bond acceptors (Lipinski definition) is 6. The lowest BCUT2D eigenvalue weighted by atomic mass is 10.0. The van der Waals surface area contributed by atoms with Crippen molar-refractivity contribution < 1.29 is 14.3 Å². The molecule has 0 spiro atoms. The number of alkyl carbamates (subject to hydrolysis) is 1. The van der Waals surface area contributed by atoms with Crippen molar-refractivity contribution in [2.24, 2.45) is 5.92 Å². The van der Waals surface area contributed by atoms with E-state index in [1.807, 2.05) is 31.1 Å². The highest BCUT2D eigenvalue weighted by Gasteiger charge is 2.37. The Balaban J connectivity index is 1.19. The summed E-state index contributed by atoms with van der Waals surface area (Å²) in [6.07, 6.45) is 7.21. The Kier molecular flexibility index (Phi) is 7.77. The highest BCUT2D eigenvalue weighted by molar-refractivity contribution is 6.04. The smallest absolute Gasteiger partial charge is 0.407 e. The number of amides is 2. The summed E-state index contributed by atoms with van der Waals surface area (Å²) in [5.41, 5.74) is 4.09. The number of benzene rings is 2. The van der Waals surface area contributed by atoms with Gasteiger partial charge in [0.25, 0.3) is 0 Å². The zero-order valence-electron chi connectivity index (χ0n) is 24.7. The van der Waals surface area contributed by atoms with E-state index in [4.69, 9.17) is 4.74 Å². The average molecular weight is 568 g/mol. The minimum Gasteiger partial charge on any atom is -0.453 e. The summed E-state index contributed by atoms with van der Waals surface area (Å²) in [6, 6.07) is 12.4. The van der Waals surface area contributed by atoms with E-state index in [1.165, 1.54) is 13.5 Å². The maximum atomic E-state index is 13.5. The van der Waals surface area contributed by atoms with Gasteiger partial charge in [-0.15, -0.1) is 0 Å². The van der Waals surface area contributed by atoms with Crippen LogP contribution in [0, 0.1) is 5.92 Å². The number of nitrogens with one attached hydrogen (secondary N) is 3. The Bertz CT molecular complexity index is 1600. The van der Waals surface area contributed by atoms with Gasteiger partial charge in [0.1, 0.15) is 17.7 Å². The molecule has 0 bridgehead atoms. The molecule has 0 aliphatic carbocycles. The van der Waals surface area contributed by atoms with Gasteiger partial charge < -0.3 is 29.7 Å². The number of likely N-dealkylation sites (tertiary alicyclic amines) is 1. The van der Waals surface area contributed by atoms with E-state index in [1.54, 1.807) is 0 Å². The molecule has 42 heavy (non-hydrogen) atoms. The Morgan fingerprint density at radius 2 is 1.50 bits per heavy atom. The van der Waals surface area contributed by atoms with Crippen molar-refractivity contribution in [3.8, 4) is 22.5 Å². The number of aromatic nitrogens is 4. The number of nitrogens with zero attached hydrogens (tertiary/aromatic N) is 4. The van der Waals surface area contributed by atoms with Gasteiger partial charge in [0.05, 0.1) is 43.0 Å². The third-order valence-corrected chi connectivity index (χ3v) is 8.73. The molecule has 3 N–H and O–H groups in total. The lowest BCUT2D eigenvalue weighted by Crippen LogP contribution is -2.51. The average Bonchev–Trinajstić information content (AvgIpc) is 3.81. The fourth-order valence-corrected chi connectivity index (χ4v) is 6.33. The molecular weight excluding hydrogens is 529 g/mol. The van der Waals surface area contributed by atoms with Crippen molar-refractivity contribution in [3.05, 3.63) is 60.4 Å². The van der Waals surface area contributed by atoms with Gasteiger partial charge >= 0.3 is 6.09 Å². The van der Waals surface area contributed by atoms with Crippen molar-refractivity contribution in [1.29, 1.82) is 0 Å². The van der Waals surface area contributed by atoms with Gasteiger partial charge in [0.2, 0.25) is 5.91 Å². The van der Waals surface area contributed by atoms with Crippen molar-refractivity contribution >= 4 is 30.8 Å². The summed E-state index contributed by atoms with van der Waals surface area (Å²) in [5, 5.41) is 4.98. The number of hydrogen-bond donors (Lipinski definition) is 3. The molecule has 4 heterocycles. The number of carbonyl (C=O) groups is 2. The van der Waals surface area contributed by atoms with E-state index in [0.29, 0.717) is 12.6 Å². The molecule has 2 amide bonds. The lowest BCUT2D eigenvalue weighted by molar-refractivity contribution is -0.135. The maximum Gasteiger partial charge on any atom is 0.407 e. The molecule has 11 heteroatoms. The Morgan fingerprint density at radius 1 is 0.929 bits per heavy atom. The summed E-state index contributed by atoms with van der Waals surface area (Å²) >= 11 is 0. The first-order valence-corrected chi connectivity index (χ1v) is 14.8. The van der Waals surface area contributed by atoms with E-state index in [9.17, 15) is 9.59 Å². The van der Waals surface area contributed by atoms with Crippen molar-refractivity contribution in [2.45, 2.75) is 57.7 Å². The minimum atomic E-state index is -0.657. The Hall–Kier alpha value is -4.12. The molecule has 4 aromatic rings. The first kappa shape index (κ1) is 28.0. The number of fused-ring (bicyclic) bond motifs is 1. The van der Waals surface area contributed by atoms with Crippen LogP contribution in [-0.4, -0.2) is 75.9 Å². The number of H-pyrrole nitrogens is 2. The quantitative estimate of drug-likeness (QED) is 0.286. The second kappa shape index (κ2) is 11.6. The lowest BCUT2D eigenvalue weighted by Gasteiger charge is -2.30. The second-order valence-electron chi connectivity index (χ2n) is 11.8. The molecule has 2 aromatic heterocycles. The van der Waals surface area contributed by atoms with Gasteiger partial charge in [0.15, 0.2) is 7.98 Å². The number of methoxy groups -OCH3 is 1. The van der Waals surface area contributed by atoms with Gasteiger partial charge in [0, 0.05) is 17.7 Å². The van der Waals surface area contributed by atoms with Gasteiger partial charge in [-0.25, -0.2) is 14.8 Å². The predicted molar refractivity (Wildman–Crippen MR) is 164 cm³/mol. The summed E-state index contributed by atoms with van der Waals surface area (Å²) in [7, 11) is 3.46. The fraction of sp³-hybridized carbons (Fsp3) is 0.419. The minimum absolute atomic E-state index is 0.0764. The first-order valence-electron chi connectivity index (χ1n) is 14.8. The van der Waals surface area contributed by atoms with Crippen LogP contribution in [0.1, 0.15) is 63.3 Å². The molecule has 0 saturated carbocycles. The third-order valence-electron chi connectivity index (χ3n) is 8.73. The van der Waals surface area contributed by atoms with Crippen LogP contribution >= 0.6 is 0 Å². The topological polar surface area (TPSA) is 119 Å². The molecule has 0 unspecified atom stereocenters. The van der Waals surface area contributed by atoms with Crippen LogP contribution < -0.4 is 5.32 Å². The van der Waals surface area contributed by atoms with Crippen molar-refractivity contribution in [1.82, 2.24) is 35.0 Å². The van der Waals surface area contributed by atoms with Crippen LogP contribution in [0.25, 0.3) is 33.3 Å². The standard InChI is InChI=1S/C31H38BN7O3/c1-18(2)27(37-31(41)42-3)30(40)38-12-4-6-25(38)28-33-16-23(35-28)21-10-8-20-15-22(11-9-19(20)14-21)24-17-34-29(36-24)26-7-5-13-39(26)32/h8-11,14-18,25-27H,4-7,12-13,32H2,1-3H3,(H,33,35)(H,34,36)(H,37,41)/t25-,26-,27-/m0/s1. The SMILES string of the molecule is BN1CCC[C@H]1c1ncc(-c2ccc3cc(-c4cnc([C@@H]5CCCN5C(=O)[C@@H](NC(=O)OC)C(C)C)[nH]4)ccc3c2)[nH]1. The van der Waals surface area contributed by atoms with E-state index in [0.717, 1.165) is 70.7 Å². The van der Waals surface area contributed by atoms with Crippen molar-refractivity contribution in [2.75, 3.05) is 20.2 Å². The fourth-order valence-electron chi connectivity index (χ4n) is 6.33. The highest BCUT2D eigenvalue weighted by atomic mass is 16.5. The van der Waals surface area contributed by atoms with Crippen LogP contribution in [0.4, 0.5) is 4.79 Å². The summed E-state index contributed by atoms with van der Waals surface area (Å²) in [5.74, 6) is 1.61. The van der Waals surface area contributed by atoms with E-state index in [-0.39, 0.29) is 17.9 Å². The second-order valence-corrected chi connectivity index (χ2v) is 11.8. The number of aromatic amines is 2. The molecule has 2 aromatic carbocycles. The van der Waals surface area contributed by atoms with Crippen LogP contribution in [-0.2, 0) is 9.53 Å². The largest absolute Gasteiger partial charge is 0.453 e. The molecule has 0 radical (unpaired) electrons. The normalized spacial score (nSPS) is 20.0. The third kappa shape index (κ3) is 5.41.